The summed E-state index contributed by atoms with van der Waals surface area (Å²) in [5, 5.41) is 8.02. The first-order chi connectivity index (χ1) is 16.9. The highest BCUT2D eigenvalue weighted by molar-refractivity contribution is 9.09. The molecule has 1 aromatic carbocycles. The zero-order chi connectivity index (χ0) is 26.3. The third kappa shape index (κ3) is 5.44. The third-order valence-electron chi connectivity index (χ3n) is 5.17. The van der Waals surface area contributed by atoms with Gasteiger partial charge in [0, 0.05) is 10.7 Å². The van der Waals surface area contributed by atoms with Crippen molar-refractivity contribution in [2.75, 3.05) is 11.9 Å². The summed E-state index contributed by atoms with van der Waals surface area (Å²) >= 11 is 4.85. The van der Waals surface area contributed by atoms with Crippen LogP contribution in [0, 0.1) is 5.41 Å². The average Bonchev–Trinajstić information content (AvgIpc) is 3.46. The monoisotopic (exact) mass is 575 g/mol. The predicted octanol–water partition coefficient (Wildman–Crippen LogP) is 7.14. The van der Waals surface area contributed by atoms with E-state index >= 15 is 0 Å². The number of benzene rings is 1. The lowest BCUT2D eigenvalue weighted by atomic mass is 9.97. The highest BCUT2D eigenvalue weighted by atomic mass is 79.9. The van der Waals surface area contributed by atoms with Gasteiger partial charge in [0.25, 0.3) is 0 Å². The van der Waals surface area contributed by atoms with Gasteiger partial charge in [-0.15, -0.1) is 11.3 Å². The Balaban J connectivity index is 1.87. The normalized spacial score (nSPS) is 12.3. The smallest absolute Gasteiger partial charge is 0.435 e. The molecule has 10 heteroatoms. The van der Waals surface area contributed by atoms with E-state index in [1.165, 1.54) is 16.0 Å². The molecule has 0 aliphatic carbocycles. The van der Waals surface area contributed by atoms with Gasteiger partial charge in [-0.3, -0.25) is 4.79 Å². The van der Waals surface area contributed by atoms with E-state index in [2.05, 4.69) is 26.0 Å². The van der Waals surface area contributed by atoms with Crippen LogP contribution in [0.2, 0.25) is 0 Å². The van der Waals surface area contributed by atoms with Crippen LogP contribution in [-0.4, -0.2) is 44.4 Å². The molecule has 0 radical (unpaired) electrons. The van der Waals surface area contributed by atoms with E-state index in [-0.39, 0.29) is 5.97 Å². The van der Waals surface area contributed by atoms with Gasteiger partial charge < -0.3 is 19.2 Å². The molecule has 192 valence electrons. The predicted molar refractivity (Wildman–Crippen MR) is 146 cm³/mol. The van der Waals surface area contributed by atoms with Gasteiger partial charge in [0.1, 0.15) is 22.7 Å². The van der Waals surface area contributed by atoms with Gasteiger partial charge in [0.05, 0.1) is 27.8 Å². The summed E-state index contributed by atoms with van der Waals surface area (Å²) in [5.41, 5.74) is 0.987. The summed E-state index contributed by atoms with van der Waals surface area (Å²) in [5.74, 6) is 0.631. The second kappa shape index (κ2) is 9.89. The molecule has 3 heterocycles. The van der Waals surface area contributed by atoms with Gasteiger partial charge in [-0.05, 0) is 77.6 Å². The molecule has 0 spiro atoms. The van der Waals surface area contributed by atoms with Crippen LogP contribution < -0.4 is 9.47 Å². The standard InChI is InChI=1S/C26H30BrN3O5S/c1-25(2,3)23(31)34-21-16-14-15(33-12-7-11-27)8-9-17(16)28-19(21)20-22-18(10-13-36-22)30(29-20)24(32)35-26(4,5)6/h8-10,13-14,28H,7,11-12H2,1-6H3. The van der Waals surface area contributed by atoms with Gasteiger partial charge in [-0.2, -0.15) is 9.78 Å². The Labute approximate surface area is 222 Å². The van der Waals surface area contributed by atoms with E-state index in [4.69, 9.17) is 14.2 Å². The largest absolute Gasteiger partial charge is 0.494 e. The molecule has 0 saturated carbocycles. The number of carbonyl (C=O) groups excluding carboxylic acids is 2. The molecule has 4 rings (SSSR count). The molecular formula is C26H30BrN3O5S. The number of rotatable bonds is 6. The van der Waals surface area contributed by atoms with Crippen LogP contribution >= 0.6 is 27.3 Å². The van der Waals surface area contributed by atoms with Crippen LogP contribution in [0.3, 0.4) is 0 Å². The van der Waals surface area contributed by atoms with E-state index in [1.807, 2.05) is 29.6 Å². The fourth-order valence-electron chi connectivity index (χ4n) is 3.45. The van der Waals surface area contributed by atoms with Crippen LogP contribution in [0.15, 0.2) is 29.6 Å². The van der Waals surface area contributed by atoms with Gasteiger partial charge in [0.15, 0.2) is 5.75 Å². The number of H-pyrrole nitrogens is 1. The maximum atomic E-state index is 13.0. The fraction of sp³-hybridized carbons (Fsp3) is 0.423. The summed E-state index contributed by atoms with van der Waals surface area (Å²) in [6, 6.07) is 7.42. The lowest BCUT2D eigenvalue weighted by Crippen LogP contribution is -2.27. The minimum Gasteiger partial charge on any atom is -0.494 e. The molecule has 0 aliphatic heterocycles. The van der Waals surface area contributed by atoms with E-state index < -0.39 is 17.1 Å². The van der Waals surface area contributed by atoms with Crippen LogP contribution in [0.25, 0.3) is 32.5 Å². The Bertz CT molecular complexity index is 1420. The second-order valence-electron chi connectivity index (χ2n) is 10.4. The van der Waals surface area contributed by atoms with E-state index in [0.717, 1.165) is 22.0 Å². The lowest BCUT2D eigenvalue weighted by molar-refractivity contribution is -0.142. The number of thiophene rings is 1. The van der Waals surface area contributed by atoms with Crippen molar-refractivity contribution < 1.29 is 23.8 Å². The SMILES string of the molecule is CC(C)(C)OC(=O)n1nc(-c2[nH]c3ccc(OCCCBr)cc3c2OC(=O)C(C)(C)C)c2sccc21. The number of nitrogens with zero attached hydrogens (tertiary/aromatic N) is 2. The minimum atomic E-state index is -0.723. The summed E-state index contributed by atoms with van der Waals surface area (Å²) in [7, 11) is 0. The molecule has 0 atom stereocenters. The number of alkyl halides is 1. The summed E-state index contributed by atoms with van der Waals surface area (Å²) in [4.78, 5) is 29.2. The van der Waals surface area contributed by atoms with Crippen LogP contribution in [0.5, 0.6) is 11.5 Å². The molecule has 3 aromatic heterocycles. The summed E-state index contributed by atoms with van der Waals surface area (Å²) < 4.78 is 19.4. The summed E-state index contributed by atoms with van der Waals surface area (Å²) in [6.07, 6.45) is 0.282. The molecular weight excluding hydrogens is 546 g/mol. The topological polar surface area (TPSA) is 95.4 Å². The van der Waals surface area contributed by atoms with Crippen molar-refractivity contribution in [3.63, 3.8) is 0 Å². The zero-order valence-corrected chi connectivity index (χ0v) is 23.6. The molecule has 4 aromatic rings. The van der Waals surface area contributed by atoms with Gasteiger partial charge in [-0.25, -0.2) is 4.79 Å². The van der Waals surface area contributed by atoms with Crippen molar-refractivity contribution >= 4 is 60.4 Å². The molecule has 0 saturated heterocycles. The Kier molecular flexibility index (Phi) is 7.21. The number of hydrogen-bond acceptors (Lipinski definition) is 7. The Morgan fingerprint density at radius 3 is 2.56 bits per heavy atom. The number of aromatic nitrogens is 3. The van der Waals surface area contributed by atoms with Crippen molar-refractivity contribution in [2.45, 2.75) is 53.6 Å². The Hall–Kier alpha value is -2.85. The number of hydrogen-bond donors (Lipinski definition) is 1. The quantitative estimate of drug-likeness (QED) is 0.149. The Morgan fingerprint density at radius 2 is 1.89 bits per heavy atom. The molecule has 0 bridgehead atoms. The molecule has 36 heavy (non-hydrogen) atoms. The number of aromatic amines is 1. The maximum Gasteiger partial charge on any atom is 0.435 e. The molecule has 0 amide bonds. The molecule has 8 nitrogen and oxygen atoms in total. The second-order valence-corrected chi connectivity index (χ2v) is 12.2. The van der Waals surface area contributed by atoms with Crippen molar-refractivity contribution in [1.82, 2.24) is 14.8 Å². The van der Waals surface area contributed by atoms with Gasteiger partial charge in [-0.1, -0.05) is 15.9 Å². The van der Waals surface area contributed by atoms with E-state index in [9.17, 15) is 9.59 Å². The average molecular weight is 577 g/mol. The maximum absolute atomic E-state index is 13.0. The zero-order valence-electron chi connectivity index (χ0n) is 21.2. The number of carbonyl (C=O) groups is 2. The van der Waals surface area contributed by atoms with Crippen molar-refractivity contribution in [2.24, 2.45) is 5.41 Å². The van der Waals surface area contributed by atoms with Crippen molar-refractivity contribution in [3.8, 4) is 22.9 Å². The summed E-state index contributed by atoms with van der Waals surface area (Å²) in [6.45, 7) is 11.4. The number of nitrogens with one attached hydrogen (secondary N) is 1. The van der Waals surface area contributed by atoms with E-state index in [1.54, 1.807) is 41.5 Å². The lowest BCUT2D eigenvalue weighted by Gasteiger charge is -2.19. The first kappa shape index (κ1) is 26.2. The first-order valence-electron chi connectivity index (χ1n) is 11.7. The van der Waals surface area contributed by atoms with Crippen LogP contribution in [0.1, 0.15) is 48.0 Å². The molecule has 0 fully saturated rings. The fourth-order valence-corrected chi connectivity index (χ4v) is 4.54. The van der Waals surface area contributed by atoms with Crippen LogP contribution in [-0.2, 0) is 9.53 Å². The van der Waals surface area contributed by atoms with Crippen molar-refractivity contribution in [3.05, 3.63) is 29.6 Å². The van der Waals surface area contributed by atoms with Crippen molar-refractivity contribution in [1.29, 1.82) is 0 Å². The highest BCUT2D eigenvalue weighted by Crippen LogP contribution is 2.43. The minimum absolute atomic E-state index is 0.347. The number of ether oxygens (including phenoxy) is 3. The molecule has 0 unspecified atom stereocenters. The number of esters is 1. The first-order valence-corrected chi connectivity index (χ1v) is 13.7. The Morgan fingerprint density at radius 1 is 1.14 bits per heavy atom. The number of fused-ring (bicyclic) bond motifs is 2. The third-order valence-corrected chi connectivity index (χ3v) is 6.64. The van der Waals surface area contributed by atoms with Gasteiger partial charge >= 0.3 is 12.1 Å². The van der Waals surface area contributed by atoms with E-state index in [0.29, 0.717) is 40.4 Å². The van der Waals surface area contributed by atoms with Crippen LogP contribution in [0.4, 0.5) is 4.79 Å². The number of halogens is 1. The molecule has 1 N–H and O–H groups in total. The van der Waals surface area contributed by atoms with Gasteiger partial charge in [0.2, 0.25) is 0 Å². The molecule has 0 aliphatic rings. The highest BCUT2D eigenvalue weighted by Gasteiger charge is 2.30.